The first-order valence-corrected chi connectivity index (χ1v) is 3.16. The summed E-state index contributed by atoms with van der Waals surface area (Å²) in [5.41, 5.74) is 6.00. The number of nitrogens with two attached hydrogens (primary N) is 1. The molecule has 0 spiro atoms. The Balaban J connectivity index is 0.00000121. The molecule has 0 radical (unpaired) electrons. The van der Waals surface area contributed by atoms with Crippen LogP contribution in [-0.4, -0.2) is 27.1 Å². The van der Waals surface area contributed by atoms with Crippen molar-refractivity contribution in [3.8, 4) is 0 Å². The fourth-order valence-corrected chi connectivity index (χ4v) is 0.721. The lowest BCUT2D eigenvalue weighted by molar-refractivity contribution is -0.138. The zero-order valence-electron chi connectivity index (χ0n) is 6.32. The summed E-state index contributed by atoms with van der Waals surface area (Å²) in [4.78, 5) is 16.8. The molecule has 0 fully saturated rings. The Morgan fingerprint density at radius 3 is 2.92 bits per heavy atom. The summed E-state index contributed by atoms with van der Waals surface area (Å²) in [5.74, 6) is -1.00. The Labute approximate surface area is 76.4 Å². The lowest BCUT2D eigenvalue weighted by Crippen LogP contribution is -2.32. The molecule has 0 aliphatic rings. The molecule has 5 nitrogen and oxygen atoms in total. The van der Waals surface area contributed by atoms with Crippen LogP contribution in [0.2, 0.25) is 0 Å². The Bertz CT molecular complexity index is 237. The van der Waals surface area contributed by atoms with Crippen LogP contribution in [0.1, 0.15) is 5.69 Å². The number of imidazole rings is 1. The average Bonchev–Trinajstić information content (AvgIpc) is 2.39. The first-order valence-electron chi connectivity index (χ1n) is 3.16. The van der Waals surface area contributed by atoms with Crippen molar-refractivity contribution in [2.45, 2.75) is 12.5 Å². The summed E-state index contributed by atoms with van der Waals surface area (Å²) in [5, 5.41) is 8.42. The average molecular weight is 189 g/mol. The molecular weight excluding hydrogens is 178 g/mol. The van der Waals surface area contributed by atoms with Crippen LogP contribution in [0.25, 0.3) is 0 Å². The minimum Gasteiger partial charge on any atom is -0.480 e. The van der Waals surface area contributed by atoms with E-state index in [1.165, 1.54) is 6.33 Å². The highest BCUT2D eigenvalue weighted by Crippen LogP contribution is 1.95. The smallest absolute Gasteiger partial charge is 0.320 e. The quantitative estimate of drug-likeness (QED) is 0.596. The molecule has 6 heteroatoms. The van der Waals surface area contributed by atoms with Gasteiger partial charge in [-0.05, 0) is 0 Å². The topological polar surface area (TPSA) is 92.0 Å². The number of hydrogen-bond donors (Lipinski definition) is 3. The van der Waals surface area contributed by atoms with Crippen LogP contribution in [0.3, 0.4) is 0 Å². The fourth-order valence-electron chi connectivity index (χ4n) is 0.721. The maximum Gasteiger partial charge on any atom is 0.320 e. The summed E-state index contributed by atoms with van der Waals surface area (Å²) in [6.07, 6.45) is 3.34. The molecular formula is C6H11N3O2S. The van der Waals surface area contributed by atoms with Gasteiger partial charge in [-0.3, -0.25) is 4.79 Å². The van der Waals surface area contributed by atoms with E-state index < -0.39 is 12.0 Å². The maximum absolute atomic E-state index is 10.3. The van der Waals surface area contributed by atoms with Gasteiger partial charge in [-0.1, -0.05) is 0 Å². The van der Waals surface area contributed by atoms with Crippen LogP contribution in [0.15, 0.2) is 12.5 Å². The molecule has 0 saturated heterocycles. The van der Waals surface area contributed by atoms with Crippen molar-refractivity contribution >= 4 is 19.5 Å². The van der Waals surface area contributed by atoms with Crippen LogP contribution in [0.4, 0.5) is 0 Å². The van der Waals surface area contributed by atoms with Crippen molar-refractivity contribution in [3.05, 3.63) is 18.2 Å². The Morgan fingerprint density at radius 1 is 1.83 bits per heavy atom. The first kappa shape index (κ1) is 11.0. The van der Waals surface area contributed by atoms with Gasteiger partial charge in [0.2, 0.25) is 0 Å². The highest BCUT2D eigenvalue weighted by molar-refractivity contribution is 7.59. The zero-order valence-corrected chi connectivity index (χ0v) is 7.32. The third kappa shape index (κ3) is 2.93. The van der Waals surface area contributed by atoms with Gasteiger partial charge in [-0.2, -0.15) is 13.5 Å². The van der Waals surface area contributed by atoms with Crippen molar-refractivity contribution in [1.82, 2.24) is 9.97 Å². The Morgan fingerprint density at radius 2 is 2.50 bits per heavy atom. The number of H-pyrrole nitrogens is 1. The molecule has 1 unspecified atom stereocenters. The van der Waals surface area contributed by atoms with Crippen LogP contribution < -0.4 is 5.73 Å². The molecule has 0 amide bonds. The molecule has 4 N–H and O–H groups in total. The summed E-state index contributed by atoms with van der Waals surface area (Å²) >= 11 is 0. The number of aromatic nitrogens is 2. The first-order chi connectivity index (χ1) is 5.20. The molecule has 0 aliphatic heterocycles. The second-order valence-corrected chi connectivity index (χ2v) is 2.23. The van der Waals surface area contributed by atoms with Gasteiger partial charge in [-0.15, -0.1) is 0 Å². The monoisotopic (exact) mass is 189 g/mol. The van der Waals surface area contributed by atoms with Gasteiger partial charge in [0.15, 0.2) is 0 Å². The van der Waals surface area contributed by atoms with Gasteiger partial charge < -0.3 is 15.8 Å². The fraction of sp³-hybridized carbons (Fsp3) is 0.333. The van der Waals surface area contributed by atoms with Crippen LogP contribution in [0.5, 0.6) is 0 Å². The third-order valence-corrected chi connectivity index (χ3v) is 1.31. The van der Waals surface area contributed by atoms with Crippen LogP contribution in [0, 0.1) is 0 Å². The van der Waals surface area contributed by atoms with E-state index in [9.17, 15) is 4.79 Å². The number of aromatic amines is 1. The number of carboxylic acids is 1. The molecule has 0 aliphatic carbocycles. The largest absolute Gasteiger partial charge is 0.480 e. The van der Waals surface area contributed by atoms with E-state index >= 15 is 0 Å². The molecule has 0 bridgehead atoms. The summed E-state index contributed by atoms with van der Waals surface area (Å²) < 4.78 is 0. The molecule has 68 valence electrons. The van der Waals surface area contributed by atoms with E-state index in [0.717, 1.165) is 5.69 Å². The molecule has 1 aromatic rings. The Hall–Kier alpha value is -1.01. The normalized spacial score (nSPS) is 11.8. The highest BCUT2D eigenvalue weighted by Gasteiger charge is 2.11. The maximum atomic E-state index is 10.3. The number of nitrogens with zero attached hydrogens (tertiary/aromatic N) is 1. The third-order valence-electron chi connectivity index (χ3n) is 1.31. The van der Waals surface area contributed by atoms with Crippen molar-refractivity contribution < 1.29 is 9.90 Å². The molecule has 12 heavy (non-hydrogen) atoms. The lowest BCUT2D eigenvalue weighted by Gasteiger charge is -2.02. The van der Waals surface area contributed by atoms with Crippen molar-refractivity contribution in [1.29, 1.82) is 0 Å². The molecule has 1 rings (SSSR count). The van der Waals surface area contributed by atoms with Gasteiger partial charge in [-0.25, -0.2) is 4.98 Å². The van der Waals surface area contributed by atoms with E-state index in [-0.39, 0.29) is 19.9 Å². The van der Waals surface area contributed by atoms with E-state index in [2.05, 4.69) is 9.97 Å². The molecule has 0 saturated carbocycles. The molecule has 0 aromatic carbocycles. The SMILES string of the molecule is NC(Cc1cnc[nH]1)C(=O)O.S. The zero-order chi connectivity index (χ0) is 8.27. The van der Waals surface area contributed by atoms with Gasteiger partial charge in [0.1, 0.15) is 6.04 Å². The number of nitrogens with one attached hydrogen (secondary N) is 1. The second-order valence-electron chi connectivity index (χ2n) is 2.23. The molecule has 1 aromatic heterocycles. The molecule has 1 heterocycles. The van der Waals surface area contributed by atoms with Crippen molar-refractivity contribution in [2.24, 2.45) is 5.73 Å². The van der Waals surface area contributed by atoms with Crippen LogP contribution >= 0.6 is 13.5 Å². The van der Waals surface area contributed by atoms with Crippen LogP contribution in [-0.2, 0) is 11.2 Å². The highest BCUT2D eigenvalue weighted by atomic mass is 32.1. The summed E-state index contributed by atoms with van der Waals surface area (Å²) in [7, 11) is 0. The number of aliphatic carboxylic acids is 1. The predicted molar refractivity (Wildman–Crippen MR) is 48.3 cm³/mol. The van der Waals surface area contributed by atoms with Gasteiger partial charge in [0.25, 0.3) is 0 Å². The van der Waals surface area contributed by atoms with E-state index in [4.69, 9.17) is 10.8 Å². The number of hydrogen-bond acceptors (Lipinski definition) is 3. The van der Waals surface area contributed by atoms with Gasteiger partial charge in [0, 0.05) is 18.3 Å². The van der Waals surface area contributed by atoms with Gasteiger partial charge in [0.05, 0.1) is 6.33 Å². The van der Waals surface area contributed by atoms with Crippen molar-refractivity contribution in [2.75, 3.05) is 0 Å². The second kappa shape index (κ2) is 4.78. The number of carbonyl (C=O) groups is 1. The minimum absolute atomic E-state index is 0. The number of carboxylic acid groups (broad SMARTS) is 1. The van der Waals surface area contributed by atoms with E-state index in [0.29, 0.717) is 0 Å². The molecule has 1 atom stereocenters. The Kier molecular flexibility index (Phi) is 4.38. The van der Waals surface area contributed by atoms with Crippen molar-refractivity contribution in [3.63, 3.8) is 0 Å². The predicted octanol–water partition coefficient (Wildman–Crippen LogP) is -0.523. The standard InChI is InChI=1S/C6H9N3O2.H2S/c7-5(6(10)11)1-4-2-8-3-9-4;/h2-3,5H,1,7H2,(H,8,9)(H,10,11);1H2. The summed E-state index contributed by atoms with van der Waals surface area (Å²) in [6, 6.07) is -0.851. The lowest BCUT2D eigenvalue weighted by atomic mass is 10.2. The number of rotatable bonds is 3. The van der Waals surface area contributed by atoms with E-state index in [1.807, 2.05) is 0 Å². The van der Waals surface area contributed by atoms with Gasteiger partial charge >= 0.3 is 5.97 Å². The summed E-state index contributed by atoms with van der Waals surface area (Å²) in [6.45, 7) is 0. The van der Waals surface area contributed by atoms with E-state index in [1.54, 1.807) is 6.20 Å². The minimum atomic E-state index is -1.00.